The Balaban J connectivity index is 1.43. The first-order valence-corrected chi connectivity index (χ1v) is 9.53. The lowest BCUT2D eigenvalue weighted by atomic mass is 10.1. The molecule has 5 rings (SSSR count). The van der Waals surface area contributed by atoms with E-state index in [1.165, 1.54) is 6.42 Å². The molecular formula is C17H20N4O2S. The van der Waals surface area contributed by atoms with Gasteiger partial charge in [-0.3, -0.25) is 4.79 Å². The molecular weight excluding hydrogens is 324 g/mol. The fraction of sp³-hybridized carbons (Fsp3) is 0.588. The van der Waals surface area contributed by atoms with Gasteiger partial charge in [0.15, 0.2) is 0 Å². The summed E-state index contributed by atoms with van der Waals surface area (Å²) >= 11 is 1.67. The minimum atomic E-state index is -0.669. The Bertz CT molecular complexity index is 810. The first-order valence-electron chi connectivity index (χ1n) is 8.59. The topological polar surface area (TPSA) is 69.6 Å². The van der Waals surface area contributed by atoms with E-state index in [1.54, 1.807) is 11.3 Å². The van der Waals surface area contributed by atoms with Crippen LogP contribution in [0, 0.1) is 17.8 Å². The van der Waals surface area contributed by atoms with E-state index in [0.29, 0.717) is 30.2 Å². The Morgan fingerprint density at radius 2 is 2.12 bits per heavy atom. The summed E-state index contributed by atoms with van der Waals surface area (Å²) in [7, 11) is 0. The van der Waals surface area contributed by atoms with Gasteiger partial charge in [0.05, 0.1) is 10.9 Å². The van der Waals surface area contributed by atoms with Crippen LogP contribution in [0.25, 0.3) is 10.9 Å². The molecule has 3 fully saturated rings. The third-order valence-corrected chi connectivity index (χ3v) is 6.70. The second-order valence-corrected chi connectivity index (χ2v) is 8.09. The Labute approximate surface area is 144 Å². The second kappa shape index (κ2) is 5.05. The number of piperidine rings is 1. The maximum absolute atomic E-state index is 10.9. The van der Waals surface area contributed by atoms with Gasteiger partial charge in [-0.1, -0.05) is 0 Å². The number of nitrogens with zero attached hydrogens (tertiary/aromatic N) is 4. The van der Waals surface area contributed by atoms with Crippen molar-refractivity contribution in [3.05, 3.63) is 10.8 Å². The minimum Gasteiger partial charge on any atom is -0.481 e. The van der Waals surface area contributed by atoms with Crippen LogP contribution in [0.1, 0.15) is 19.8 Å². The summed E-state index contributed by atoms with van der Waals surface area (Å²) in [6.07, 6.45) is 1.52. The van der Waals surface area contributed by atoms with Crippen molar-refractivity contribution in [1.82, 2.24) is 9.97 Å². The number of anilines is 2. The monoisotopic (exact) mass is 344 g/mol. The zero-order valence-electron chi connectivity index (χ0n) is 13.6. The SMILES string of the molecule is C[C@H]1CCN1c1nc(N2C[C@@H]3C(CC(=O)O)[C@@H]3C2)c2cscc2n1. The van der Waals surface area contributed by atoms with E-state index in [4.69, 9.17) is 15.1 Å². The maximum atomic E-state index is 10.9. The largest absolute Gasteiger partial charge is 0.481 e. The molecule has 3 aliphatic rings. The second-order valence-electron chi connectivity index (χ2n) is 7.34. The van der Waals surface area contributed by atoms with Gasteiger partial charge in [0.25, 0.3) is 0 Å². The average Bonchev–Trinajstić information content (AvgIpc) is 2.97. The zero-order chi connectivity index (χ0) is 16.4. The van der Waals surface area contributed by atoms with Crippen molar-refractivity contribution >= 4 is 40.0 Å². The summed E-state index contributed by atoms with van der Waals surface area (Å²) in [4.78, 5) is 25.2. The average molecular weight is 344 g/mol. The van der Waals surface area contributed by atoms with Crippen LogP contribution in [-0.4, -0.2) is 46.7 Å². The molecule has 24 heavy (non-hydrogen) atoms. The normalized spacial score (nSPS) is 31.2. The van der Waals surface area contributed by atoms with Gasteiger partial charge in [-0.25, -0.2) is 4.98 Å². The van der Waals surface area contributed by atoms with E-state index < -0.39 is 5.97 Å². The Morgan fingerprint density at radius 3 is 2.75 bits per heavy atom. The molecule has 1 aliphatic carbocycles. The molecule has 7 heteroatoms. The van der Waals surface area contributed by atoms with Crippen molar-refractivity contribution in [3.8, 4) is 0 Å². The smallest absolute Gasteiger partial charge is 0.303 e. The molecule has 2 aromatic rings. The molecule has 4 heterocycles. The molecule has 0 aromatic carbocycles. The van der Waals surface area contributed by atoms with Gasteiger partial charge in [0.1, 0.15) is 5.82 Å². The number of fused-ring (bicyclic) bond motifs is 2. The first kappa shape index (κ1) is 14.5. The van der Waals surface area contributed by atoms with Crippen LogP contribution in [0.2, 0.25) is 0 Å². The van der Waals surface area contributed by atoms with E-state index >= 15 is 0 Å². The Hall–Kier alpha value is -1.89. The molecule has 4 atom stereocenters. The number of carboxylic acid groups (broad SMARTS) is 1. The number of carbonyl (C=O) groups is 1. The molecule has 6 nitrogen and oxygen atoms in total. The Kier molecular flexibility index (Phi) is 3.04. The van der Waals surface area contributed by atoms with E-state index in [2.05, 4.69) is 27.5 Å². The summed E-state index contributed by atoms with van der Waals surface area (Å²) in [5.74, 6) is 2.63. The van der Waals surface area contributed by atoms with E-state index in [9.17, 15) is 4.79 Å². The first-order chi connectivity index (χ1) is 11.6. The van der Waals surface area contributed by atoms with Crippen molar-refractivity contribution in [2.75, 3.05) is 29.4 Å². The standard InChI is InChI=1S/C17H20N4O2S/c1-9-2-3-21(9)17-18-14-8-24-7-13(14)16(19-17)20-5-11-10(4-15(22)23)12(11)6-20/h7-12H,2-6H2,1H3,(H,22,23)/t9-,10?,11-,12+/m0/s1. The fourth-order valence-electron chi connectivity index (χ4n) is 4.34. The molecule has 2 saturated heterocycles. The van der Waals surface area contributed by atoms with Crippen LogP contribution in [-0.2, 0) is 4.79 Å². The highest BCUT2D eigenvalue weighted by Gasteiger charge is 2.56. The number of aromatic nitrogens is 2. The van der Waals surface area contributed by atoms with Crippen LogP contribution in [0.15, 0.2) is 10.8 Å². The zero-order valence-corrected chi connectivity index (χ0v) is 14.4. The molecule has 1 saturated carbocycles. The molecule has 2 aliphatic heterocycles. The van der Waals surface area contributed by atoms with Crippen LogP contribution < -0.4 is 9.80 Å². The number of rotatable bonds is 4. The number of hydrogen-bond donors (Lipinski definition) is 1. The van der Waals surface area contributed by atoms with Gasteiger partial charge >= 0.3 is 5.97 Å². The third-order valence-electron chi connectivity index (χ3n) is 5.97. The van der Waals surface area contributed by atoms with Gasteiger partial charge in [-0.15, -0.1) is 11.3 Å². The predicted octanol–water partition coefficient (Wildman–Crippen LogP) is 2.45. The number of aliphatic carboxylic acids is 1. The van der Waals surface area contributed by atoms with Crippen LogP contribution >= 0.6 is 11.3 Å². The van der Waals surface area contributed by atoms with Crippen molar-refractivity contribution in [2.24, 2.45) is 17.8 Å². The number of thiophene rings is 1. The summed E-state index contributed by atoms with van der Waals surface area (Å²) in [5, 5.41) is 14.4. The van der Waals surface area contributed by atoms with Crippen molar-refractivity contribution < 1.29 is 9.90 Å². The molecule has 1 unspecified atom stereocenters. The molecule has 0 radical (unpaired) electrons. The van der Waals surface area contributed by atoms with Crippen LogP contribution in [0.5, 0.6) is 0 Å². The van der Waals surface area contributed by atoms with Crippen molar-refractivity contribution in [2.45, 2.75) is 25.8 Å². The summed E-state index contributed by atoms with van der Waals surface area (Å²) in [6, 6.07) is 0.515. The predicted molar refractivity (Wildman–Crippen MR) is 93.8 cm³/mol. The van der Waals surface area contributed by atoms with Gasteiger partial charge in [0, 0.05) is 42.9 Å². The summed E-state index contributed by atoms with van der Waals surface area (Å²) < 4.78 is 0. The molecule has 1 N–H and O–H groups in total. The van der Waals surface area contributed by atoms with Gasteiger partial charge in [0.2, 0.25) is 5.95 Å². The van der Waals surface area contributed by atoms with E-state index in [-0.39, 0.29) is 0 Å². The Morgan fingerprint density at radius 1 is 1.33 bits per heavy atom. The van der Waals surface area contributed by atoms with Crippen LogP contribution in [0.4, 0.5) is 11.8 Å². The molecule has 0 bridgehead atoms. The van der Waals surface area contributed by atoms with Gasteiger partial charge in [-0.2, -0.15) is 4.98 Å². The highest BCUT2D eigenvalue weighted by molar-refractivity contribution is 7.09. The lowest BCUT2D eigenvalue weighted by molar-refractivity contribution is -0.137. The lowest BCUT2D eigenvalue weighted by Crippen LogP contribution is -2.46. The number of hydrogen-bond acceptors (Lipinski definition) is 6. The minimum absolute atomic E-state index is 0.317. The molecule has 2 aromatic heterocycles. The van der Waals surface area contributed by atoms with Gasteiger partial charge < -0.3 is 14.9 Å². The molecule has 0 amide bonds. The maximum Gasteiger partial charge on any atom is 0.303 e. The molecule has 126 valence electrons. The van der Waals surface area contributed by atoms with Crippen LogP contribution in [0.3, 0.4) is 0 Å². The number of carboxylic acids is 1. The fourth-order valence-corrected chi connectivity index (χ4v) is 5.08. The highest BCUT2D eigenvalue weighted by Crippen LogP contribution is 2.54. The third kappa shape index (κ3) is 2.10. The van der Waals surface area contributed by atoms with E-state index in [1.807, 2.05) is 0 Å². The lowest BCUT2D eigenvalue weighted by Gasteiger charge is -2.39. The van der Waals surface area contributed by atoms with Crippen molar-refractivity contribution in [1.29, 1.82) is 0 Å². The summed E-state index contributed by atoms with van der Waals surface area (Å²) in [6.45, 7) is 5.10. The quantitative estimate of drug-likeness (QED) is 0.919. The van der Waals surface area contributed by atoms with Gasteiger partial charge in [-0.05, 0) is 31.1 Å². The highest BCUT2D eigenvalue weighted by atomic mass is 32.1. The molecule has 0 spiro atoms. The van der Waals surface area contributed by atoms with Crippen molar-refractivity contribution in [3.63, 3.8) is 0 Å². The summed E-state index contributed by atoms with van der Waals surface area (Å²) in [5.41, 5.74) is 1.03. The van der Waals surface area contributed by atoms with E-state index in [0.717, 1.165) is 42.3 Å².